The zero-order valence-corrected chi connectivity index (χ0v) is 31.5. The van der Waals surface area contributed by atoms with E-state index in [0.717, 1.165) is 31.8 Å². The summed E-state index contributed by atoms with van der Waals surface area (Å²) in [6.07, 6.45) is 12.3. The van der Waals surface area contributed by atoms with Gasteiger partial charge in [-0.25, -0.2) is 4.79 Å². The van der Waals surface area contributed by atoms with Crippen LogP contribution in [0.5, 0.6) is 0 Å². The zero-order valence-electron chi connectivity index (χ0n) is 31.5. The summed E-state index contributed by atoms with van der Waals surface area (Å²) in [4.78, 5) is 28.6. The summed E-state index contributed by atoms with van der Waals surface area (Å²) < 4.78 is 4.97. The second kappa shape index (κ2) is 12.2. The number of hydrogen-bond acceptors (Lipinski definition) is 4. The number of amides is 1. The fourth-order valence-electron chi connectivity index (χ4n) is 13.9. The van der Waals surface area contributed by atoms with Crippen LogP contribution in [0.4, 0.5) is 0 Å². The van der Waals surface area contributed by atoms with Crippen molar-refractivity contribution < 1.29 is 14.3 Å². The largest absolute Gasteiger partial charge is 0.465 e. The van der Waals surface area contributed by atoms with Gasteiger partial charge in [0.15, 0.2) is 0 Å². The summed E-state index contributed by atoms with van der Waals surface area (Å²) in [5.41, 5.74) is 2.89. The van der Waals surface area contributed by atoms with Gasteiger partial charge in [0, 0.05) is 13.1 Å². The lowest BCUT2D eigenvalue weighted by Gasteiger charge is -2.73. The summed E-state index contributed by atoms with van der Waals surface area (Å²) >= 11 is 0. The molecule has 5 nitrogen and oxygen atoms in total. The molecule has 10 unspecified atom stereocenters. The van der Waals surface area contributed by atoms with E-state index < -0.39 is 0 Å². The van der Waals surface area contributed by atoms with Crippen LogP contribution in [0.1, 0.15) is 135 Å². The van der Waals surface area contributed by atoms with Crippen molar-refractivity contribution in [2.75, 3.05) is 34.3 Å². The number of fused-ring (bicyclic) bond motifs is 7. The van der Waals surface area contributed by atoms with Crippen molar-refractivity contribution in [2.24, 2.45) is 62.6 Å². The highest BCUT2D eigenvalue weighted by Gasteiger charge is 2.72. The minimum atomic E-state index is -0.259. The fourth-order valence-corrected chi connectivity index (χ4v) is 13.9. The van der Waals surface area contributed by atoms with E-state index in [1.807, 2.05) is 12.1 Å². The van der Waals surface area contributed by atoms with Crippen molar-refractivity contribution in [1.82, 2.24) is 10.2 Å². The smallest absolute Gasteiger partial charge is 0.337 e. The lowest BCUT2D eigenvalue weighted by atomic mass is 9.31. The summed E-state index contributed by atoms with van der Waals surface area (Å²) in [5.74, 6) is 4.40. The maximum Gasteiger partial charge on any atom is 0.337 e. The first-order chi connectivity index (χ1) is 22.1. The molecule has 0 saturated heterocycles. The summed E-state index contributed by atoms with van der Waals surface area (Å²) in [5, 5.41) is 3.46. The molecule has 5 aliphatic rings. The van der Waals surface area contributed by atoms with Crippen LogP contribution in [-0.4, -0.2) is 51.1 Å². The zero-order chi connectivity index (χ0) is 34.2. The Kier molecular flexibility index (Phi) is 9.05. The van der Waals surface area contributed by atoms with Crippen molar-refractivity contribution in [2.45, 2.75) is 119 Å². The lowest BCUT2D eigenvalue weighted by molar-refractivity contribution is -0.239. The number of ether oxygens (including phenoxy) is 1. The van der Waals surface area contributed by atoms with Gasteiger partial charge in [0.05, 0.1) is 18.1 Å². The molecule has 0 radical (unpaired) electrons. The van der Waals surface area contributed by atoms with Gasteiger partial charge >= 0.3 is 5.97 Å². The Labute approximate surface area is 286 Å². The van der Waals surface area contributed by atoms with E-state index in [0.29, 0.717) is 57.8 Å². The van der Waals surface area contributed by atoms with Crippen molar-refractivity contribution in [3.8, 4) is 0 Å². The van der Waals surface area contributed by atoms with E-state index in [1.165, 1.54) is 64.0 Å². The van der Waals surface area contributed by atoms with Gasteiger partial charge in [-0.2, -0.15) is 0 Å². The van der Waals surface area contributed by atoms with E-state index in [1.54, 1.807) is 0 Å². The van der Waals surface area contributed by atoms with Crippen LogP contribution < -0.4 is 5.32 Å². The highest BCUT2D eigenvalue weighted by molar-refractivity contribution is 5.89. The average molecular weight is 647 g/mol. The van der Waals surface area contributed by atoms with E-state index in [4.69, 9.17) is 4.74 Å². The van der Waals surface area contributed by atoms with Crippen LogP contribution in [0.2, 0.25) is 0 Å². The standard InChI is InChI=1S/C42H66N2O3/c1-27(2)30-17-22-42(37(46)43-25-26-44(8)9)24-23-40(6)32(35(30)42)15-16-34-39(5)20-18-31(28-11-13-29(14-12-28)36(45)47-10)38(3,4)33(39)19-21-41(34,40)7/h11-14,27,30-35H,15-26H2,1-10H3,(H,43,46). The van der Waals surface area contributed by atoms with Crippen LogP contribution in [0, 0.1) is 62.6 Å². The Morgan fingerprint density at radius 2 is 1.55 bits per heavy atom. The Morgan fingerprint density at radius 3 is 2.19 bits per heavy atom. The first-order valence-electron chi connectivity index (χ1n) is 19.2. The number of hydrogen-bond donors (Lipinski definition) is 1. The molecule has 5 saturated carbocycles. The number of esters is 1. The second-order valence-electron chi connectivity index (χ2n) is 18.9. The predicted molar refractivity (Wildman–Crippen MR) is 191 cm³/mol. The summed E-state index contributed by atoms with van der Waals surface area (Å²) in [6.45, 7) is 19.7. The maximum absolute atomic E-state index is 14.3. The highest BCUT2D eigenvalue weighted by Crippen LogP contribution is 2.78. The molecule has 1 N–H and O–H groups in total. The van der Waals surface area contributed by atoms with E-state index in [-0.39, 0.29) is 22.2 Å². The first kappa shape index (κ1) is 35.0. The minimum absolute atomic E-state index is 0.180. The van der Waals surface area contributed by atoms with Crippen LogP contribution in [0.3, 0.4) is 0 Å². The number of rotatable bonds is 7. The normalized spacial score (nSPS) is 42.2. The number of likely N-dealkylation sites (N-methyl/N-ethyl adjacent to an activating group) is 1. The molecular weight excluding hydrogens is 580 g/mol. The van der Waals surface area contributed by atoms with E-state index in [9.17, 15) is 9.59 Å². The van der Waals surface area contributed by atoms with Gasteiger partial charge in [-0.15, -0.1) is 0 Å². The monoisotopic (exact) mass is 647 g/mol. The van der Waals surface area contributed by atoms with E-state index in [2.05, 4.69) is 84.9 Å². The number of carbonyl (C=O) groups excluding carboxylic acids is 2. The van der Waals surface area contributed by atoms with Crippen molar-refractivity contribution in [1.29, 1.82) is 0 Å². The molecule has 5 heteroatoms. The Balaban J connectivity index is 1.29. The first-order valence-corrected chi connectivity index (χ1v) is 19.2. The summed E-state index contributed by atoms with van der Waals surface area (Å²) in [7, 11) is 5.64. The number of carbonyl (C=O) groups is 2. The maximum atomic E-state index is 14.3. The molecule has 47 heavy (non-hydrogen) atoms. The van der Waals surface area contributed by atoms with Crippen LogP contribution in [0.15, 0.2) is 24.3 Å². The Bertz CT molecular complexity index is 1340. The Hall–Kier alpha value is -1.88. The van der Waals surface area contributed by atoms with Gasteiger partial charge < -0.3 is 15.0 Å². The molecule has 5 fully saturated rings. The number of nitrogens with one attached hydrogen (secondary N) is 1. The molecule has 262 valence electrons. The van der Waals surface area contributed by atoms with Gasteiger partial charge in [-0.05, 0) is 159 Å². The molecule has 5 aliphatic carbocycles. The molecule has 0 heterocycles. The molecule has 10 atom stereocenters. The van der Waals surface area contributed by atoms with Crippen molar-refractivity contribution >= 4 is 11.9 Å². The highest BCUT2D eigenvalue weighted by atomic mass is 16.5. The molecule has 0 bridgehead atoms. The molecule has 1 amide bonds. The van der Waals surface area contributed by atoms with Crippen LogP contribution >= 0.6 is 0 Å². The molecule has 0 aliphatic heterocycles. The fraction of sp³-hybridized carbons (Fsp3) is 0.810. The minimum Gasteiger partial charge on any atom is -0.465 e. The number of methoxy groups -OCH3 is 1. The van der Waals surface area contributed by atoms with Crippen molar-refractivity contribution in [3.05, 3.63) is 35.4 Å². The van der Waals surface area contributed by atoms with Crippen LogP contribution in [0.25, 0.3) is 0 Å². The lowest BCUT2D eigenvalue weighted by Crippen LogP contribution is -2.67. The molecular formula is C42H66N2O3. The van der Waals surface area contributed by atoms with Gasteiger partial charge in [0.25, 0.3) is 0 Å². The quantitative estimate of drug-likeness (QED) is 0.301. The van der Waals surface area contributed by atoms with Gasteiger partial charge in [0.1, 0.15) is 0 Å². The Morgan fingerprint density at radius 1 is 0.851 bits per heavy atom. The second-order valence-corrected chi connectivity index (χ2v) is 18.9. The summed E-state index contributed by atoms with van der Waals surface area (Å²) in [6, 6.07) is 8.31. The molecule has 1 aromatic carbocycles. The predicted octanol–water partition coefficient (Wildman–Crippen LogP) is 8.97. The topological polar surface area (TPSA) is 58.6 Å². The number of nitrogens with zero attached hydrogens (tertiary/aromatic N) is 1. The molecule has 0 aromatic heterocycles. The third-order valence-electron chi connectivity index (χ3n) is 16.4. The SMILES string of the molecule is COC(=O)c1ccc(C2CCC3(C)C(CCC4(C)C3CCC3C5C(C(C)C)CCC5(C(=O)NCCN(C)C)CCC34C)C2(C)C)cc1. The third kappa shape index (κ3) is 5.16. The van der Waals surface area contributed by atoms with Gasteiger partial charge in [0.2, 0.25) is 5.91 Å². The van der Waals surface area contributed by atoms with Crippen LogP contribution in [-0.2, 0) is 9.53 Å². The number of benzene rings is 1. The van der Waals surface area contributed by atoms with Crippen molar-refractivity contribution in [3.63, 3.8) is 0 Å². The van der Waals surface area contributed by atoms with Gasteiger partial charge in [-0.3, -0.25) is 4.79 Å². The van der Waals surface area contributed by atoms with Gasteiger partial charge in [-0.1, -0.05) is 60.6 Å². The molecule has 0 spiro atoms. The average Bonchev–Trinajstić information content (AvgIpc) is 3.42. The van der Waals surface area contributed by atoms with E-state index >= 15 is 0 Å². The third-order valence-corrected chi connectivity index (χ3v) is 16.4. The molecule has 6 rings (SSSR count). The molecule has 1 aromatic rings.